The first-order valence-corrected chi connectivity index (χ1v) is 7.08. The number of aromatic nitrogens is 3. The molecule has 1 aromatic rings. The van der Waals surface area contributed by atoms with Crippen LogP contribution in [0.2, 0.25) is 0 Å². The van der Waals surface area contributed by atoms with Crippen LogP contribution in [0.1, 0.15) is 52.0 Å². The Morgan fingerprint density at radius 1 is 1.35 bits per heavy atom. The molecule has 1 saturated carbocycles. The second-order valence-corrected chi connectivity index (χ2v) is 5.71. The molecular formula is C12H20N4S. The molecule has 1 saturated heterocycles. The van der Waals surface area contributed by atoms with Gasteiger partial charge in [-0.3, -0.25) is 4.57 Å². The fourth-order valence-electron chi connectivity index (χ4n) is 2.97. The van der Waals surface area contributed by atoms with Crippen molar-refractivity contribution in [2.24, 2.45) is 0 Å². The maximum Gasteiger partial charge on any atom is 0.226 e. The van der Waals surface area contributed by atoms with E-state index in [0.717, 1.165) is 10.7 Å². The number of nitrogens with zero attached hydrogens (tertiary/aromatic N) is 3. The SMILES string of the molecule is CCC1CCC(C)N1c1n[nH]c(=S)n1C1CC1. The van der Waals surface area contributed by atoms with Gasteiger partial charge in [0.15, 0.2) is 4.77 Å². The number of aromatic amines is 1. The lowest BCUT2D eigenvalue weighted by atomic mass is 10.2. The summed E-state index contributed by atoms with van der Waals surface area (Å²) in [6.45, 7) is 4.56. The van der Waals surface area contributed by atoms with Crippen molar-refractivity contribution in [2.45, 2.75) is 64.1 Å². The van der Waals surface area contributed by atoms with Gasteiger partial charge in [0.1, 0.15) is 0 Å². The Morgan fingerprint density at radius 2 is 2.12 bits per heavy atom. The molecule has 1 aliphatic heterocycles. The molecule has 1 N–H and O–H groups in total. The van der Waals surface area contributed by atoms with Crippen LogP contribution in [0.3, 0.4) is 0 Å². The topological polar surface area (TPSA) is 36.9 Å². The monoisotopic (exact) mass is 252 g/mol. The minimum absolute atomic E-state index is 0.586. The van der Waals surface area contributed by atoms with Gasteiger partial charge in [-0.2, -0.15) is 0 Å². The van der Waals surface area contributed by atoms with E-state index in [1.165, 1.54) is 32.1 Å². The number of hydrogen-bond donors (Lipinski definition) is 1. The van der Waals surface area contributed by atoms with Crippen LogP contribution in [-0.4, -0.2) is 26.8 Å². The van der Waals surface area contributed by atoms with E-state index >= 15 is 0 Å². The minimum Gasteiger partial charge on any atom is -0.335 e. The fraction of sp³-hybridized carbons (Fsp3) is 0.833. The van der Waals surface area contributed by atoms with Crippen molar-refractivity contribution in [1.29, 1.82) is 0 Å². The van der Waals surface area contributed by atoms with Gasteiger partial charge in [0.25, 0.3) is 0 Å². The van der Waals surface area contributed by atoms with E-state index < -0.39 is 0 Å². The van der Waals surface area contributed by atoms with Gasteiger partial charge >= 0.3 is 0 Å². The third-order valence-corrected chi connectivity index (χ3v) is 4.37. The zero-order valence-electron chi connectivity index (χ0n) is 10.5. The Balaban J connectivity index is 1.99. The van der Waals surface area contributed by atoms with E-state index in [1.807, 2.05) is 0 Å². The average molecular weight is 252 g/mol. The summed E-state index contributed by atoms with van der Waals surface area (Å²) in [5, 5.41) is 7.45. The molecule has 3 rings (SSSR count). The number of hydrogen-bond acceptors (Lipinski definition) is 3. The highest BCUT2D eigenvalue weighted by molar-refractivity contribution is 7.71. The van der Waals surface area contributed by atoms with Crippen LogP contribution in [0.5, 0.6) is 0 Å². The van der Waals surface area contributed by atoms with Gasteiger partial charge in [-0.1, -0.05) is 6.92 Å². The molecule has 2 unspecified atom stereocenters. The van der Waals surface area contributed by atoms with E-state index in [0.29, 0.717) is 18.1 Å². The first kappa shape index (κ1) is 11.3. The predicted octanol–water partition coefficient (Wildman–Crippen LogP) is 3.04. The molecule has 2 fully saturated rings. The largest absolute Gasteiger partial charge is 0.335 e. The zero-order chi connectivity index (χ0) is 12.0. The third-order valence-electron chi connectivity index (χ3n) is 4.09. The average Bonchev–Trinajstić information content (AvgIpc) is 2.98. The molecule has 17 heavy (non-hydrogen) atoms. The van der Waals surface area contributed by atoms with Crippen LogP contribution in [0.4, 0.5) is 5.95 Å². The number of anilines is 1. The van der Waals surface area contributed by atoms with Crippen LogP contribution in [0, 0.1) is 4.77 Å². The highest BCUT2D eigenvalue weighted by Gasteiger charge is 2.36. The summed E-state index contributed by atoms with van der Waals surface area (Å²) in [7, 11) is 0. The molecule has 0 bridgehead atoms. The van der Waals surface area contributed by atoms with Gasteiger partial charge in [0.2, 0.25) is 5.95 Å². The fourth-order valence-corrected chi connectivity index (χ4v) is 3.25. The second kappa shape index (κ2) is 4.12. The van der Waals surface area contributed by atoms with E-state index in [9.17, 15) is 0 Å². The van der Waals surface area contributed by atoms with Gasteiger partial charge in [-0.15, -0.1) is 5.10 Å². The van der Waals surface area contributed by atoms with Gasteiger partial charge in [-0.25, -0.2) is 5.10 Å². The first-order chi connectivity index (χ1) is 8.22. The smallest absolute Gasteiger partial charge is 0.226 e. The lowest BCUT2D eigenvalue weighted by Crippen LogP contribution is -2.36. The molecule has 0 amide bonds. The Morgan fingerprint density at radius 3 is 2.76 bits per heavy atom. The van der Waals surface area contributed by atoms with Crippen LogP contribution >= 0.6 is 12.2 Å². The van der Waals surface area contributed by atoms with Crippen LogP contribution < -0.4 is 4.90 Å². The minimum atomic E-state index is 0.586. The van der Waals surface area contributed by atoms with Crippen molar-refractivity contribution in [2.75, 3.05) is 4.90 Å². The number of H-pyrrole nitrogens is 1. The molecule has 2 atom stereocenters. The molecular weight excluding hydrogens is 232 g/mol. The Kier molecular flexibility index (Phi) is 2.73. The quantitative estimate of drug-likeness (QED) is 0.840. The summed E-state index contributed by atoms with van der Waals surface area (Å²) in [6, 6.07) is 1.82. The molecule has 1 aromatic heterocycles. The summed E-state index contributed by atoms with van der Waals surface area (Å²) in [6.07, 6.45) is 6.24. The molecule has 0 radical (unpaired) electrons. The molecule has 1 aliphatic carbocycles. The maximum absolute atomic E-state index is 5.36. The van der Waals surface area contributed by atoms with E-state index in [2.05, 4.69) is 33.5 Å². The summed E-state index contributed by atoms with van der Waals surface area (Å²) < 4.78 is 3.02. The Hall–Kier alpha value is -0.840. The van der Waals surface area contributed by atoms with Crippen LogP contribution in [0.25, 0.3) is 0 Å². The lowest BCUT2D eigenvalue weighted by molar-refractivity contribution is 0.586. The number of rotatable bonds is 3. The number of nitrogens with one attached hydrogen (secondary N) is 1. The lowest BCUT2D eigenvalue weighted by Gasteiger charge is -2.29. The van der Waals surface area contributed by atoms with E-state index in [1.54, 1.807) is 0 Å². The summed E-state index contributed by atoms with van der Waals surface area (Å²) in [4.78, 5) is 2.48. The maximum atomic E-state index is 5.36. The summed E-state index contributed by atoms with van der Waals surface area (Å²) in [5.41, 5.74) is 0. The van der Waals surface area contributed by atoms with E-state index in [4.69, 9.17) is 12.2 Å². The van der Waals surface area contributed by atoms with Crippen molar-refractivity contribution in [3.05, 3.63) is 4.77 Å². The van der Waals surface area contributed by atoms with Gasteiger partial charge in [0, 0.05) is 18.1 Å². The molecule has 5 heteroatoms. The van der Waals surface area contributed by atoms with Gasteiger partial charge < -0.3 is 4.90 Å². The highest BCUT2D eigenvalue weighted by Crippen LogP contribution is 2.40. The third kappa shape index (κ3) is 1.80. The summed E-state index contributed by atoms with van der Waals surface area (Å²) >= 11 is 5.36. The first-order valence-electron chi connectivity index (χ1n) is 6.67. The van der Waals surface area contributed by atoms with Crippen LogP contribution in [-0.2, 0) is 0 Å². The molecule has 0 aromatic carbocycles. The zero-order valence-corrected chi connectivity index (χ0v) is 11.3. The van der Waals surface area contributed by atoms with Gasteiger partial charge in [0.05, 0.1) is 0 Å². The van der Waals surface area contributed by atoms with Crippen molar-refractivity contribution >= 4 is 18.2 Å². The summed E-state index contributed by atoms with van der Waals surface area (Å²) in [5.74, 6) is 1.08. The van der Waals surface area contributed by atoms with Crippen molar-refractivity contribution in [3.63, 3.8) is 0 Å². The standard InChI is InChI=1S/C12H20N4S/c1-3-9-5-4-8(2)15(9)11-13-14-12(17)16(11)10-6-7-10/h8-10H,3-7H2,1-2H3,(H,14,17). The van der Waals surface area contributed by atoms with Crippen LogP contribution in [0.15, 0.2) is 0 Å². The molecule has 2 heterocycles. The molecule has 2 aliphatic rings. The predicted molar refractivity (Wildman–Crippen MR) is 70.9 cm³/mol. The van der Waals surface area contributed by atoms with Crippen molar-refractivity contribution < 1.29 is 0 Å². The normalized spacial score (nSPS) is 28.9. The van der Waals surface area contributed by atoms with Crippen molar-refractivity contribution in [1.82, 2.24) is 14.8 Å². The van der Waals surface area contributed by atoms with E-state index in [-0.39, 0.29) is 0 Å². The highest BCUT2D eigenvalue weighted by atomic mass is 32.1. The van der Waals surface area contributed by atoms with Gasteiger partial charge in [-0.05, 0) is 51.2 Å². The molecule has 4 nitrogen and oxygen atoms in total. The molecule has 94 valence electrons. The van der Waals surface area contributed by atoms with Crippen molar-refractivity contribution in [3.8, 4) is 0 Å². The second-order valence-electron chi connectivity index (χ2n) is 5.33. The molecule has 0 spiro atoms. The Bertz CT molecular complexity index is 459. The Labute approximate surface area is 107 Å².